The third-order valence-corrected chi connectivity index (χ3v) is 5.82. The molecule has 0 amide bonds. The van der Waals surface area contributed by atoms with Crippen LogP contribution in [0.1, 0.15) is 38.9 Å². The average molecular weight is 626 g/mol. The normalized spacial score (nSPS) is 10.4. The lowest BCUT2D eigenvalue weighted by atomic mass is 10.1. The quantitative estimate of drug-likeness (QED) is 0.0804. The van der Waals surface area contributed by atoms with Gasteiger partial charge in [-0.3, -0.25) is 0 Å². The molecule has 0 unspecified atom stereocenters. The average Bonchev–Trinajstić information content (AvgIpc) is 3.01. The summed E-state index contributed by atoms with van der Waals surface area (Å²) in [5.41, 5.74) is -6.82. The summed E-state index contributed by atoms with van der Waals surface area (Å²) in [7, 11) is 0. The topological polar surface area (TPSA) is 0 Å². The van der Waals surface area contributed by atoms with Gasteiger partial charge in [-0.15, -0.1) is 0 Å². The minimum Gasteiger partial charge on any atom is -0.205 e. The van der Waals surface area contributed by atoms with Crippen LogP contribution in [0.15, 0.2) is 24.3 Å². The second-order valence-corrected chi connectivity index (χ2v) is 8.53. The van der Waals surface area contributed by atoms with Crippen LogP contribution in [0.2, 0.25) is 0 Å². The van der Waals surface area contributed by atoms with Crippen LogP contribution < -0.4 is 0 Å². The Balaban J connectivity index is 1.66. The highest BCUT2D eigenvalue weighted by Gasteiger charge is 2.27. The zero-order valence-electron chi connectivity index (χ0n) is 21.2. The van der Waals surface area contributed by atoms with E-state index in [1.54, 1.807) is 0 Å². The van der Waals surface area contributed by atoms with Gasteiger partial charge in [-0.2, -0.15) is 0 Å². The van der Waals surface area contributed by atoms with Crippen molar-refractivity contribution in [3.05, 3.63) is 139 Å². The summed E-state index contributed by atoms with van der Waals surface area (Å²) in [6.07, 6.45) is 0. The second-order valence-electron chi connectivity index (χ2n) is 8.53. The Morgan fingerprint density at radius 1 is 0.295 bits per heavy atom. The highest BCUT2D eigenvalue weighted by Crippen LogP contribution is 2.26. The standard InChI is InChI=1S/C31H7F13/c1-12-19(32)15(25(38)28(41)20(12)33)8-6-13-2-4-14(5-3-13)7-9-16-21(34)23(36)17(24(37)22(16)35)10-11-18-26(39)29(42)31(44)30(43)27(18)40/h2-5H,1H3. The molecule has 0 saturated heterocycles. The van der Waals surface area contributed by atoms with Gasteiger partial charge in [-0.25, -0.2) is 57.1 Å². The van der Waals surface area contributed by atoms with Crippen LogP contribution >= 0.6 is 0 Å². The van der Waals surface area contributed by atoms with Crippen molar-refractivity contribution in [3.8, 4) is 35.5 Å². The first-order valence-corrected chi connectivity index (χ1v) is 11.5. The summed E-state index contributed by atoms with van der Waals surface area (Å²) in [6.45, 7) is 0.872. The molecule has 0 atom stereocenters. The molecule has 4 rings (SSSR count). The highest BCUT2D eigenvalue weighted by atomic mass is 19.2. The Hall–Kier alpha value is -5.35. The third kappa shape index (κ3) is 5.55. The summed E-state index contributed by atoms with van der Waals surface area (Å²) in [6, 6.07) is 4.69. The van der Waals surface area contributed by atoms with Crippen molar-refractivity contribution < 1.29 is 57.1 Å². The van der Waals surface area contributed by atoms with Gasteiger partial charge in [0.2, 0.25) is 5.82 Å². The molecule has 44 heavy (non-hydrogen) atoms. The lowest BCUT2D eigenvalue weighted by Gasteiger charge is -2.05. The molecule has 0 N–H and O–H groups in total. The molecule has 0 aliphatic rings. The molecule has 0 aromatic heterocycles. The van der Waals surface area contributed by atoms with E-state index in [2.05, 4.69) is 11.8 Å². The van der Waals surface area contributed by atoms with Crippen molar-refractivity contribution in [3.63, 3.8) is 0 Å². The Bertz CT molecular complexity index is 1970. The van der Waals surface area contributed by atoms with Gasteiger partial charge in [0, 0.05) is 16.7 Å². The SMILES string of the molecule is Cc1c(F)c(F)c(F)c(C#Cc2ccc(C#Cc3c(F)c(F)c(C#Cc4c(F)c(F)c(F)c(F)c4F)c(F)c3F)cc2)c1F. The van der Waals surface area contributed by atoms with Crippen LogP contribution in [-0.2, 0) is 0 Å². The van der Waals surface area contributed by atoms with Gasteiger partial charge in [0.1, 0.15) is 22.5 Å². The van der Waals surface area contributed by atoms with E-state index < -0.39 is 103 Å². The summed E-state index contributed by atoms with van der Waals surface area (Å²) < 4.78 is 180. The Labute approximate surface area is 238 Å². The minimum absolute atomic E-state index is 0.0358. The van der Waals surface area contributed by atoms with E-state index in [0.29, 0.717) is 0 Å². The number of hydrogen-bond acceptors (Lipinski definition) is 0. The van der Waals surface area contributed by atoms with Gasteiger partial charge in [0.05, 0.1) is 5.56 Å². The van der Waals surface area contributed by atoms with Gasteiger partial charge in [-0.05, 0) is 31.2 Å². The van der Waals surface area contributed by atoms with Crippen LogP contribution in [0.5, 0.6) is 0 Å². The molecule has 4 aromatic carbocycles. The van der Waals surface area contributed by atoms with E-state index in [4.69, 9.17) is 0 Å². The summed E-state index contributed by atoms with van der Waals surface area (Å²) in [5.74, 6) is -16.9. The van der Waals surface area contributed by atoms with E-state index >= 15 is 0 Å². The van der Waals surface area contributed by atoms with Crippen LogP contribution in [0.4, 0.5) is 57.1 Å². The van der Waals surface area contributed by atoms with Crippen LogP contribution in [0, 0.1) is 118 Å². The molecule has 0 fully saturated rings. The predicted molar refractivity (Wildman–Crippen MR) is 128 cm³/mol. The Morgan fingerprint density at radius 2 is 0.523 bits per heavy atom. The number of benzene rings is 4. The van der Waals surface area contributed by atoms with Crippen molar-refractivity contribution in [1.29, 1.82) is 0 Å². The summed E-state index contributed by atoms with van der Waals surface area (Å²) in [4.78, 5) is 0. The molecule has 0 bridgehead atoms. The number of halogens is 13. The third-order valence-electron chi connectivity index (χ3n) is 5.82. The number of rotatable bonds is 0. The zero-order chi connectivity index (χ0) is 32.6. The first-order chi connectivity index (χ1) is 20.7. The van der Waals surface area contributed by atoms with Crippen molar-refractivity contribution in [1.82, 2.24) is 0 Å². The Kier molecular flexibility index (Phi) is 8.69. The first kappa shape index (κ1) is 31.6. The molecule has 0 nitrogen and oxygen atoms in total. The summed E-state index contributed by atoms with van der Waals surface area (Å²) in [5, 5.41) is 0. The minimum atomic E-state index is -2.53. The zero-order valence-corrected chi connectivity index (χ0v) is 21.2. The molecular formula is C31H7F13. The van der Waals surface area contributed by atoms with Crippen molar-refractivity contribution in [2.75, 3.05) is 0 Å². The van der Waals surface area contributed by atoms with Crippen LogP contribution in [0.3, 0.4) is 0 Å². The Morgan fingerprint density at radius 3 is 0.864 bits per heavy atom. The smallest absolute Gasteiger partial charge is 0.200 e. The first-order valence-electron chi connectivity index (χ1n) is 11.5. The maximum Gasteiger partial charge on any atom is 0.200 e. The molecule has 0 spiro atoms. The monoisotopic (exact) mass is 626 g/mol. The maximum absolute atomic E-state index is 14.5. The summed E-state index contributed by atoms with van der Waals surface area (Å²) >= 11 is 0. The van der Waals surface area contributed by atoms with Crippen molar-refractivity contribution in [2.45, 2.75) is 6.92 Å². The fourth-order valence-corrected chi connectivity index (χ4v) is 3.46. The molecule has 0 aliphatic heterocycles. The lowest BCUT2D eigenvalue weighted by molar-refractivity contribution is 0.376. The molecule has 0 aliphatic carbocycles. The van der Waals surface area contributed by atoms with Crippen LogP contribution in [-0.4, -0.2) is 0 Å². The van der Waals surface area contributed by atoms with E-state index in [9.17, 15) is 57.1 Å². The van der Waals surface area contributed by atoms with E-state index in [1.165, 1.54) is 24.0 Å². The molecular weight excluding hydrogens is 619 g/mol. The molecule has 4 aromatic rings. The van der Waals surface area contributed by atoms with Gasteiger partial charge in [-0.1, -0.05) is 35.5 Å². The molecule has 0 radical (unpaired) electrons. The lowest BCUT2D eigenvalue weighted by Crippen LogP contribution is -2.06. The molecule has 13 heteroatoms. The van der Waals surface area contributed by atoms with E-state index in [0.717, 1.165) is 19.1 Å². The molecule has 0 heterocycles. The van der Waals surface area contributed by atoms with Gasteiger partial charge < -0.3 is 0 Å². The van der Waals surface area contributed by atoms with Gasteiger partial charge >= 0.3 is 0 Å². The maximum atomic E-state index is 14.5. The largest absolute Gasteiger partial charge is 0.205 e. The van der Waals surface area contributed by atoms with Crippen LogP contribution in [0.25, 0.3) is 0 Å². The fourth-order valence-electron chi connectivity index (χ4n) is 3.46. The molecule has 222 valence electrons. The molecule has 0 saturated carbocycles. The number of hydrogen-bond donors (Lipinski definition) is 0. The fraction of sp³-hybridized carbons (Fsp3) is 0.0323. The van der Waals surface area contributed by atoms with Gasteiger partial charge in [0.15, 0.2) is 64.0 Å². The van der Waals surface area contributed by atoms with E-state index in [-0.39, 0.29) is 11.1 Å². The van der Waals surface area contributed by atoms with E-state index in [1.807, 2.05) is 11.8 Å². The highest BCUT2D eigenvalue weighted by molar-refractivity contribution is 5.53. The van der Waals surface area contributed by atoms with Gasteiger partial charge in [0.25, 0.3) is 0 Å². The van der Waals surface area contributed by atoms with Crippen molar-refractivity contribution in [2.24, 2.45) is 0 Å². The van der Waals surface area contributed by atoms with Crippen molar-refractivity contribution >= 4 is 0 Å². The predicted octanol–water partition coefficient (Wildman–Crippen LogP) is 8.00. The second kappa shape index (κ2) is 12.1.